The molecule has 0 fully saturated rings. The molecule has 0 aromatic heterocycles. The van der Waals surface area contributed by atoms with Crippen molar-refractivity contribution in [3.63, 3.8) is 0 Å². The number of rotatable bonds is 2. The standard InChI is InChI=1S/C18H15FN2O2/c19-12-4-1-3-11(9-12)18-15-6-2-5-14(15)16-10-13(21(22)23)7-8-17(16)20-18/h1-5,7-10,14-15,18,20H,6H2/t14-,15-,18+/m1/s1. The lowest BCUT2D eigenvalue weighted by Gasteiger charge is -2.37. The van der Waals surface area contributed by atoms with Gasteiger partial charge in [-0.1, -0.05) is 24.3 Å². The molecule has 1 aliphatic heterocycles. The highest BCUT2D eigenvalue weighted by molar-refractivity contribution is 5.62. The topological polar surface area (TPSA) is 55.2 Å². The zero-order chi connectivity index (χ0) is 16.0. The van der Waals surface area contributed by atoms with Gasteiger partial charge < -0.3 is 5.32 Å². The summed E-state index contributed by atoms with van der Waals surface area (Å²) in [7, 11) is 0. The van der Waals surface area contributed by atoms with E-state index in [-0.39, 0.29) is 34.3 Å². The van der Waals surface area contributed by atoms with E-state index in [4.69, 9.17) is 0 Å². The summed E-state index contributed by atoms with van der Waals surface area (Å²) in [5.74, 6) is 0.118. The van der Waals surface area contributed by atoms with Crippen LogP contribution in [0, 0.1) is 21.8 Å². The van der Waals surface area contributed by atoms with Gasteiger partial charge in [-0.15, -0.1) is 0 Å². The molecule has 0 radical (unpaired) electrons. The summed E-state index contributed by atoms with van der Waals surface area (Å²) in [5.41, 5.74) is 2.85. The van der Waals surface area contributed by atoms with E-state index in [9.17, 15) is 14.5 Å². The van der Waals surface area contributed by atoms with Gasteiger partial charge in [0.15, 0.2) is 0 Å². The smallest absolute Gasteiger partial charge is 0.269 e. The van der Waals surface area contributed by atoms with Crippen molar-refractivity contribution in [3.8, 4) is 0 Å². The quantitative estimate of drug-likeness (QED) is 0.502. The van der Waals surface area contributed by atoms with Crippen molar-refractivity contribution in [2.45, 2.75) is 18.4 Å². The van der Waals surface area contributed by atoms with Crippen LogP contribution >= 0.6 is 0 Å². The second-order valence-corrected chi connectivity index (χ2v) is 6.06. The van der Waals surface area contributed by atoms with Gasteiger partial charge in [-0.05, 0) is 41.7 Å². The molecule has 4 rings (SSSR count). The van der Waals surface area contributed by atoms with Gasteiger partial charge in [0.05, 0.1) is 11.0 Å². The largest absolute Gasteiger partial charge is 0.378 e. The third-order valence-corrected chi connectivity index (χ3v) is 4.76. The number of non-ortho nitro benzene ring substituents is 1. The van der Waals surface area contributed by atoms with Crippen molar-refractivity contribution in [3.05, 3.63) is 81.7 Å². The summed E-state index contributed by atoms with van der Waals surface area (Å²) in [6.45, 7) is 0. The predicted octanol–water partition coefficient (Wildman–Crippen LogP) is 4.56. The summed E-state index contributed by atoms with van der Waals surface area (Å²) in [6.07, 6.45) is 5.10. The van der Waals surface area contributed by atoms with Crippen molar-refractivity contribution in [1.82, 2.24) is 0 Å². The molecule has 2 aromatic carbocycles. The van der Waals surface area contributed by atoms with Gasteiger partial charge in [0.2, 0.25) is 0 Å². The van der Waals surface area contributed by atoms with Crippen molar-refractivity contribution in [1.29, 1.82) is 0 Å². The number of fused-ring (bicyclic) bond motifs is 3. The first-order chi connectivity index (χ1) is 11.1. The van der Waals surface area contributed by atoms with Crippen molar-refractivity contribution < 1.29 is 9.31 Å². The molecule has 0 amide bonds. The number of nitro groups is 1. The molecular weight excluding hydrogens is 295 g/mol. The van der Waals surface area contributed by atoms with Crippen LogP contribution in [0.2, 0.25) is 0 Å². The van der Waals surface area contributed by atoms with Crippen LogP contribution in [-0.2, 0) is 0 Å². The number of hydrogen-bond donors (Lipinski definition) is 1. The van der Waals surface area contributed by atoms with Gasteiger partial charge in [0.25, 0.3) is 5.69 Å². The Morgan fingerprint density at radius 2 is 2.09 bits per heavy atom. The molecule has 1 heterocycles. The van der Waals surface area contributed by atoms with E-state index in [1.54, 1.807) is 24.3 Å². The number of halogens is 1. The molecule has 3 atom stereocenters. The highest BCUT2D eigenvalue weighted by Crippen LogP contribution is 2.50. The Morgan fingerprint density at radius 3 is 2.87 bits per heavy atom. The Bertz CT molecular complexity index is 818. The van der Waals surface area contributed by atoms with E-state index in [1.807, 2.05) is 6.07 Å². The second kappa shape index (κ2) is 5.19. The third-order valence-electron chi connectivity index (χ3n) is 4.76. The molecule has 0 bridgehead atoms. The predicted molar refractivity (Wildman–Crippen MR) is 85.8 cm³/mol. The number of nitrogens with zero attached hydrogens (tertiary/aromatic N) is 1. The number of nitro benzene ring substituents is 1. The lowest BCUT2D eigenvalue weighted by Crippen LogP contribution is -2.29. The average molecular weight is 310 g/mol. The maximum absolute atomic E-state index is 13.6. The first kappa shape index (κ1) is 13.9. The summed E-state index contributed by atoms with van der Waals surface area (Å²) in [4.78, 5) is 10.7. The molecular formula is C18H15FN2O2. The molecule has 1 aliphatic carbocycles. The van der Waals surface area contributed by atoms with Crippen molar-refractivity contribution >= 4 is 11.4 Å². The van der Waals surface area contributed by atoms with Crippen LogP contribution in [0.1, 0.15) is 29.5 Å². The van der Waals surface area contributed by atoms with Crippen LogP contribution in [0.3, 0.4) is 0 Å². The number of nitrogens with one attached hydrogen (secondary N) is 1. The molecule has 0 spiro atoms. The Morgan fingerprint density at radius 1 is 1.22 bits per heavy atom. The van der Waals surface area contributed by atoms with Gasteiger partial charge in [0, 0.05) is 23.7 Å². The molecule has 1 N–H and O–H groups in total. The third kappa shape index (κ3) is 2.29. The zero-order valence-electron chi connectivity index (χ0n) is 12.3. The Hall–Kier alpha value is -2.69. The zero-order valence-corrected chi connectivity index (χ0v) is 12.3. The Kier molecular flexibility index (Phi) is 3.15. The van der Waals surface area contributed by atoms with Crippen LogP contribution in [-0.4, -0.2) is 4.92 Å². The van der Waals surface area contributed by atoms with Gasteiger partial charge >= 0.3 is 0 Å². The monoisotopic (exact) mass is 310 g/mol. The fraction of sp³-hybridized carbons (Fsp3) is 0.222. The van der Waals surface area contributed by atoms with Crippen molar-refractivity contribution in [2.75, 3.05) is 5.32 Å². The first-order valence-electron chi connectivity index (χ1n) is 7.60. The number of benzene rings is 2. The first-order valence-corrected chi connectivity index (χ1v) is 7.60. The minimum Gasteiger partial charge on any atom is -0.378 e. The van der Waals surface area contributed by atoms with Crippen LogP contribution in [0.4, 0.5) is 15.8 Å². The molecule has 5 heteroatoms. The normalized spacial score (nSPS) is 24.7. The van der Waals surface area contributed by atoms with Crippen LogP contribution in [0.15, 0.2) is 54.6 Å². The van der Waals surface area contributed by atoms with Gasteiger partial charge in [-0.25, -0.2) is 4.39 Å². The second-order valence-electron chi connectivity index (χ2n) is 6.06. The van der Waals surface area contributed by atoms with Crippen LogP contribution in [0.5, 0.6) is 0 Å². The van der Waals surface area contributed by atoms with E-state index >= 15 is 0 Å². The van der Waals surface area contributed by atoms with E-state index in [0.29, 0.717) is 0 Å². The maximum Gasteiger partial charge on any atom is 0.269 e. The number of allylic oxidation sites excluding steroid dienone is 2. The molecule has 0 saturated carbocycles. The van der Waals surface area contributed by atoms with Gasteiger partial charge in [-0.2, -0.15) is 0 Å². The van der Waals surface area contributed by atoms with E-state index in [0.717, 1.165) is 23.2 Å². The molecule has 0 unspecified atom stereocenters. The van der Waals surface area contributed by atoms with Crippen LogP contribution < -0.4 is 5.32 Å². The molecule has 2 aliphatic rings. The lowest BCUT2D eigenvalue weighted by molar-refractivity contribution is -0.384. The van der Waals surface area contributed by atoms with E-state index < -0.39 is 0 Å². The Labute approximate surface area is 132 Å². The van der Waals surface area contributed by atoms with E-state index in [1.165, 1.54) is 12.1 Å². The minimum atomic E-state index is -0.368. The minimum absolute atomic E-state index is 0.000318. The number of anilines is 1. The van der Waals surface area contributed by atoms with Gasteiger partial charge in [0.1, 0.15) is 5.82 Å². The molecule has 4 nitrogen and oxygen atoms in total. The maximum atomic E-state index is 13.6. The van der Waals surface area contributed by atoms with E-state index in [2.05, 4.69) is 17.5 Å². The summed E-state index contributed by atoms with van der Waals surface area (Å²) in [6, 6.07) is 11.5. The molecule has 0 saturated heterocycles. The SMILES string of the molecule is O=[N+]([O-])c1ccc2c(c1)[C@@H]1C=CC[C@H]1[C@H](c1cccc(F)c1)N2. The van der Waals surface area contributed by atoms with Crippen molar-refractivity contribution in [2.24, 2.45) is 5.92 Å². The summed E-state index contributed by atoms with van der Waals surface area (Å²) >= 11 is 0. The Balaban J connectivity index is 1.79. The highest BCUT2D eigenvalue weighted by atomic mass is 19.1. The summed E-state index contributed by atoms with van der Waals surface area (Å²) < 4.78 is 13.6. The fourth-order valence-corrected chi connectivity index (χ4v) is 3.73. The molecule has 116 valence electrons. The molecule has 23 heavy (non-hydrogen) atoms. The van der Waals surface area contributed by atoms with Gasteiger partial charge in [-0.3, -0.25) is 10.1 Å². The molecule has 2 aromatic rings. The fourth-order valence-electron chi connectivity index (χ4n) is 3.73. The number of hydrogen-bond acceptors (Lipinski definition) is 3. The van der Waals surface area contributed by atoms with Crippen LogP contribution in [0.25, 0.3) is 0 Å². The average Bonchev–Trinajstić information content (AvgIpc) is 3.03. The highest BCUT2D eigenvalue weighted by Gasteiger charge is 2.38. The lowest BCUT2D eigenvalue weighted by atomic mass is 9.77. The summed E-state index contributed by atoms with van der Waals surface area (Å²) in [5, 5.41) is 14.5.